The zero-order chi connectivity index (χ0) is 19.7. The van der Waals surface area contributed by atoms with Gasteiger partial charge in [0.05, 0.1) is 0 Å². The molecular formula is C24H27FN2O. The molecule has 1 atom stereocenters. The van der Waals surface area contributed by atoms with Gasteiger partial charge in [0.2, 0.25) is 5.91 Å². The van der Waals surface area contributed by atoms with E-state index in [2.05, 4.69) is 24.0 Å². The van der Waals surface area contributed by atoms with Gasteiger partial charge in [-0.15, -0.1) is 0 Å². The van der Waals surface area contributed by atoms with Gasteiger partial charge in [-0.05, 0) is 48.9 Å². The van der Waals surface area contributed by atoms with Gasteiger partial charge in [0.15, 0.2) is 0 Å². The number of carbonyl (C=O) groups is 1. The first-order valence-electron chi connectivity index (χ1n) is 10.2. The maximum absolute atomic E-state index is 14.8. The van der Waals surface area contributed by atoms with Gasteiger partial charge in [-0.3, -0.25) is 4.79 Å². The van der Waals surface area contributed by atoms with Gasteiger partial charge in [0.25, 0.3) is 0 Å². The lowest BCUT2D eigenvalue weighted by atomic mass is 9.86. The summed E-state index contributed by atoms with van der Waals surface area (Å²) in [7, 11) is 0. The molecule has 0 unspecified atom stereocenters. The Morgan fingerprint density at radius 1 is 1.18 bits per heavy atom. The molecule has 0 bridgehead atoms. The smallest absolute Gasteiger partial charge is 0.223 e. The van der Waals surface area contributed by atoms with Gasteiger partial charge < -0.3 is 9.88 Å². The Morgan fingerprint density at radius 2 is 1.96 bits per heavy atom. The number of amides is 1. The van der Waals surface area contributed by atoms with E-state index in [9.17, 15) is 9.18 Å². The number of benzene rings is 2. The Labute approximate surface area is 165 Å². The van der Waals surface area contributed by atoms with Crippen LogP contribution in [-0.2, 0) is 11.2 Å². The number of aryl methyl sites for hydroxylation is 2. The van der Waals surface area contributed by atoms with Gasteiger partial charge in [-0.2, -0.15) is 0 Å². The molecule has 3 nitrogen and oxygen atoms in total. The second-order valence-electron chi connectivity index (χ2n) is 7.81. The number of para-hydroxylation sites is 1. The lowest BCUT2D eigenvalue weighted by Crippen LogP contribution is -2.29. The number of carbonyl (C=O) groups excluding carboxylic acids is 1. The average molecular weight is 378 g/mol. The maximum Gasteiger partial charge on any atom is 0.223 e. The van der Waals surface area contributed by atoms with E-state index in [0.29, 0.717) is 12.0 Å². The molecule has 1 aromatic heterocycles. The van der Waals surface area contributed by atoms with Crippen molar-refractivity contribution in [3.8, 4) is 0 Å². The van der Waals surface area contributed by atoms with Crippen LogP contribution in [0.2, 0.25) is 0 Å². The second-order valence-corrected chi connectivity index (χ2v) is 7.81. The number of halogens is 1. The van der Waals surface area contributed by atoms with E-state index in [1.54, 1.807) is 6.07 Å². The molecule has 1 N–H and O–H groups in total. The first-order chi connectivity index (χ1) is 13.6. The largest absolute Gasteiger partial charge is 0.361 e. The van der Waals surface area contributed by atoms with Crippen LogP contribution in [0, 0.1) is 12.7 Å². The predicted molar refractivity (Wildman–Crippen MR) is 111 cm³/mol. The fourth-order valence-corrected chi connectivity index (χ4v) is 4.41. The van der Waals surface area contributed by atoms with Gasteiger partial charge >= 0.3 is 0 Å². The minimum Gasteiger partial charge on any atom is -0.361 e. The third-order valence-electron chi connectivity index (χ3n) is 5.95. The molecular weight excluding hydrogens is 351 g/mol. The van der Waals surface area contributed by atoms with Crippen molar-refractivity contribution >= 4 is 16.8 Å². The lowest BCUT2D eigenvalue weighted by Gasteiger charge is -2.22. The molecule has 0 spiro atoms. The molecule has 4 heteroatoms. The van der Waals surface area contributed by atoms with E-state index < -0.39 is 0 Å². The lowest BCUT2D eigenvalue weighted by molar-refractivity contribution is -0.130. The van der Waals surface area contributed by atoms with Gasteiger partial charge in [-0.25, -0.2) is 4.39 Å². The van der Waals surface area contributed by atoms with Crippen LogP contribution in [-0.4, -0.2) is 28.9 Å². The Hall–Kier alpha value is -2.62. The third kappa shape index (κ3) is 3.44. The van der Waals surface area contributed by atoms with Gasteiger partial charge in [-0.1, -0.05) is 42.8 Å². The van der Waals surface area contributed by atoms with Crippen LogP contribution in [0.4, 0.5) is 4.39 Å². The molecule has 1 aliphatic rings. The number of likely N-dealkylation sites (tertiary alicyclic amines) is 1. The Balaban J connectivity index is 1.81. The molecule has 3 aromatic rings. The average Bonchev–Trinajstić information content (AvgIpc) is 3.38. The van der Waals surface area contributed by atoms with Crippen LogP contribution in [0.3, 0.4) is 0 Å². The molecule has 146 valence electrons. The number of hydrogen-bond donors (Lipinski definition) is 1. The Kier molecular flexibility index (Phi) is 5.21. The van der Waals surface area contributed by atoms with Crippen LogP contribution < -0.4 is 0 Å². The van der Waals surface area contributed by atoms with E-state index >= 15 is 0 Å². The third-order valence-corrected chi connectivity index (χ3v) is 5.95. The van der Waals surface area contributed by atoms with E-state index in [1.165, 1.54) is 11.6 Å². The molecule has 1 saturated heterocycles. The van der Waals surface area contributed by atoms with Crippen molar-refractivity contribution in [2.45, 2.75) is 45.4 Å². The number of rotatable bonds is 5. The summed E-state index contributed by atoms with van der Waals surface area (Å²) in [6, 6.07) is 11.4. The van der Waals surface area contributed by atoms with Gasteiger partial charge in [0.1, 0.15) is 5.82 Å². The van der Waals surface area contributed by atoms with Crippen molar-refractivity contribution in [1.29, 1.82) is 0 Å². The summed E-state index contributed by atoms with van der Waals surface area (Å²) in [5.41, 5.74) is 4.94. The van der Waals surface area contributed by atoms with Crippen LogP contribution in [0.5, 0.6) is 0 Å². The molecule has 1 fully saturated rings. The van der Waals surface area contributed by atoms with Crippen molar-refractivity contribution in [3.05, 3.63) is 70.7 Å². The summed E-state index contributed by atoms with van der Waals surface area (Å²) >= 11 is 0. The normalized spacial score (nSPS) is 15.3. The Bertz CT molecular complexity index is 1000. The number of H-pyrrole nitrogens is 1. The molecule has 2 aromatic carbocycles. The second kappa shape index (κ2) is 7.78. The predicted octanol–water partition coefficient (Wildman–Crippen LogP) is 5.32. The summed E-state index contributed by atoms with van der Waals surface area (Å²) in [5.74, 6) is -0.427. The summed E-state index contributed by atoms with van der Waals surface area (Å²) in [5, 5.41) is 1.08. The van der Waals surface area contributed by atoms with Crippen molar-refractivity contribution in [3.63, 3.8) is 0 Å². The SMILES string of the molecule is CCc1cccc2c([C@H](CC(=O)N3CCCC3)c3cc(C)ccc3F)c[nH]c12. The summed E-state index contributed by atoms with van der Waals surface area (Å²) < 4.78 is 14.8. The zero-order valence-electron chi connectivity index (χ0n) is 16.6. The van der Waals surface area contributed by atoms with Crippen LogP contribution in [0.1, 0.15) is 54.4 Å². The fraction of sp³-hybridized carbons (Fsp3) is 0.375. The summed E-state index contributed by atoms with van der Waals surface area (Å²) in [4.78, 5) is 18.3. The van der Waals surface area contributed by atoms with E-state index in [-0.39, 0.29) is 17.6 Å². The quantitative estimate of drug-likeness (QED) is 0.641. The highest BCUT2D eigenvalue weighted by Gasteiger charge is 2.27. The number of hydrogen-bond acceptors (Lipinski definition) is 1. The van der Waals surface area contributed by atoms with Crippen molar-refractivity contribution in [2.75, 3.05) is 13.1 Å². The molecule has 4 rings (SSSR count). The number of nitrogens with zero attached hydrogens (tertiary/aromatic N) is 1. The number of aromatic amines is 1. The Morgan fingerprint density at radius 3 is 2.71 bits per heavy atom. The zero-order valence-corrected chi connectivity index (χ0v) is 16.6. The summed E-state index contributed by atoms with van der Waals surface area (Å²) in [6.07, 6.45) is 5.30. The standard InChI is InChI=1S/C24H27FN2O/c1-3-17-7-6-8-18-21(15-26-24(17)18)19(14-23(28)27-11-4-5-12-27)20-13-16(2)9-10-22(20)25/h6-10,13,15,19,26H,3-5,11-12,14H2,1-2H3/t19-/m1/s1. The first kappa shape index (κ1) is 18.7. The molecule has 1 aliphatic heterocycles. The van der Waals surface area contributed by atoms with Crippen LogP contribution in [0.15, 0.2) is 42.6 Å². The molecule has 0 aliphatic carbocycles. The molecule has 28 heavy (non-hydrogen) atoms. The van der Waals surface area contributed by atoms with Gasteiger partial charge in [0, 0.05) is 42.5 Å². The topological polar surface area (TPSA) is 36.1 Å². The van der Waals surface area contributed by atoms with E-state index in [4.69, 9.17) is 0 Å². The fourth-order valence-electron chi connectivity index (χ4n) is 4.41. The molecule has 0 radical (unpaired) electrons. The van der Waals surface area contributed by atoms with Crippen LogP contribution in [0.25, 0.3) is 10.9 Å². The molecule has 1 amide bonds. The highest BCUT2D eigenvalue weighted by atomic mass is 19.1. The minimum atomic E-state index is -0.297. The first-order valence-corrected chi connectivity index (χ1v) is 10.2. The summed E-state index contributed by atoms with van der Waals surface area (Å²) in [6.45, 7) is 5.72. The van der Waals surface area contributed by atoms with Crippen molar-refractivity contribution < 1.29 is 9.18 Å². The maximum atomic E-state index is 14.8. The number of nitrogens with one attached hydrogen (secondary N) is 1. The highest BCUT2D eigenvalue weighted by Crippen LogP contribution is 2.36. The molecule has 2 heterocycles. The van der Waals surface area contributed by atoms with Crippen molar-refractivity contribution in [2.24, 2.45) is 0 Å². The van der Waals surface area contributed by atoms with E-state index in [1.807, 2.05) is 30.2 Å². The molecule has 0 saturated carbocycles. The van der Waals surface area contributed by atoms with Crippen molar-refractivity contribution in [1.82, 2.24) is 9.88 Å². The van der Waals surface area contributed by atoms with Crippen LogP contribution >= 0.6 is 0 Å². The number of aromatic nitrogens is 1. The highest BCUT2D eigenvalue weighted by molar-refractivity contribution is 5.88. The monoisotopic (exact) mass is 378 g/mol. The number of fused-ring (bicyclic) bond motifs is 1. The van der Waals surface area contributed by atoms with E-state index in [0.717, 1.165) is 54.4 Å². The minimum absolute atomic E-state index is 0.115.